The molecule has 0 radical (unpaired) electrons. The topological polar surface area (TPSA) is 49.6 Å². The quantitative estimate of drug-likeness (QED) is 0.164. The van der Waals surface area contributed by atoms with Crippen molar-refractivity contribution in [3.05, 3.63) is 228 Å². The van der Waals surface area contributed by atoms with Crippen LogP contribution >= 0.6 is 0 Å². The van der Waals surface area contributed by atoms with E-state index in [1.165, 1.54) is 16.7 Å². The van der Waals surface area contributed by atoms with E-state index >= 15 is 0 Å². The highest BCUT2D eigenvalue weighted by Gasteiger charge is 2.47. The third kappa shape index (κ3) is 5.82. The number of rotatable bonds is 7. The number of nitrogens with zero attached hydrogens (tertiary/aromatic N) is 3. The predicted octanol–water partition coefficient (Wildman–Crippen LogP) is 13.3. The Morgan fingerprint density at radius 3 is 1.89 bits per heavy atom. The van der Waals surface area contributed by atoms with E-state index in [0.29, 0.717) is 11.4 Å². The second-order valence-electron chi connectivity index (χ2n) is 14.7. The molecule has 1 atom stereocenters. The summed E-state index contributed by atoms with van der Waals surface area (Å²) in [4.78, 5) is 10.4. The van der Waals surface area contributed by atoms with Crippen molar-refractivity contribution < 1.29 is 0 Å². The minimum atomic E-state index is -0.547. The normalized spacial score (nSPS) is 15.3. The van der Waals surface area contributed by atoms with Gasteiger partial charge < -0.3 is 0 Å². The van der Waals surface area contributed by atoms with Gasteiger partial charge in [0.15, 0.2) is 5.82 Å². The third-order valence-electron chi connectivity index (χ3n) is 11.5. The van der Waals surface area contributed by atoms with Crippen molar-refractivity contribution in [1.82, 2.24) is 9.97 Å². The standard InChI is InChI=1S/C54H37N3/c55-36-42-23-16-30-49-52(42)47-34-40(31-32-48(47)54(49,43-24-9-3-10-25-43)44-26-11-4-12-27-44)45-28-13-14-29-46(45)51-35-50(56-53(57-51)38-19-7-2-8-20-38)41-22-15-21-39(33-41)37-17-5-1-6-18-37/h1-3,5-11,13-35H,4,12H2. The van der Waals surface area contributed by atoms with Crippen LogP contribution < -0.4 is 0 Å². The van der Waals surface area contributed by atoms with Gasteiger partial charge in [0.2, 0.25) is 0 Å². The zero-order chi connectivity index (χ0) is 38.2. The van der Waals surface area contributed by atoms with Crippen LogP contribution in [-0.4, -0.2) is 9.97 Å². The van der Waals surface area contributed by atoms with Gasteiger partial charge in [-0.05, 0) is 87.2 Å². The summed E-state index contributed by atoms with van der Waals surface area (Å²) >= 11 is 0. The van der Waals surface area contributed by atoms with Crippen LogP contribution in [0, 0.1) is 11.3 Å². The van der Waals surface area contributed by atoms with E-state index in [2.05, 4.69) is 170 Å². The Hall–Kier alpha value is -7.41. The number of allylic oxidation sites excluding steroid dienone is 4. The van der Waals surface area contributed by atoms with Crippen molar-refractivity contribution in [3.63, 3.8) is 0 Å². The van der Waals surface area contributed by atoms with Crippen LogP contribution in [0.15, 0.2) is 206 Å². The molecule has 3 nitrogen and oxygen atoms in total. The molecule has 3 heteroatoms. The first-order chi connectivity index (χ1) is 28.2. The molecule has 0 saturated carbocycles. The van der Waals surface area contributed by atoms with E-state index in [-0.39, 0.29) is 0 Å². The average molecular weight is 728 g/mol. The van der Waals surface area contributed by atoms with Crippen LogP contribution in [0.3, 0.4) is 0 Å². The van der Waals surface area contributed by atoms with Crippen LogP contribution in [0.5, 0.6) is 0 Å². The molecule has 2 aliphatic carbocycles. The highest BCUT2D eigenvalue weighted by atomic mass is 14.9. The van der Waals surface area contributed by atoms with Gasteiger partial charge in [0, 0.05) is 22.3 Å². The number of nitriles is 1. The maximum Gasteiger partial charge on any atom is 0.160 e. The molecule has 8 aromatic rings. The van der Waals surface area contributed by atoms with Gasteiger partial charge in [-0.3, -0.25) is 0 Å². The number of hydrogen-bond donors (Lipinski definition) is 0. The summed E-state index contributed by atoms with van der Waals surface area (Å²) in [6, 6.07) is 66.3. The molecule has 0 amide bonds. The number of fused-ring (bicyclic) bond motifs is 3. The Balaban J connectivity index is 1.17. The number of benzene rings is 7. The minimum absolute atomic E-state index is 0.547. The largest absolute Gasteiger partial charge is 0.228 e. The lowest BCUT2D eigenvalue weighted by atomic mass is 9.66. The molecular formula is C54H37N3. The first-order valence-corrected chi connectivity index (χ1v) is 19.5. The molecule has 0 aliphatic heterocycles. The smallest absolute Gasteiger partial charge is 0.160 e. The maximum atomic E-state index is 10.6. The molecule has 0 saturated heterocycles. The van der Waals surface area contributed by atoms with Crippen molar-refractivity contribution >= 4 is 0 Å². The fourth-order valence-corrected chi connectivity index (χ4v) is 8.90. The van der Waals surface area contributed by atoms with E-state index in [4.69, 9.17) is 9.97 Å². The molecule has 7 aromatic carbocycles. The van der Waals surface area contributed by atoms with Crippen LogP contribution in [0.1, 0.15) is 35.1 Å². The Morgan fingerprint density at radius 2 is 1.14 bits per heavy atom. The van der Waals surface area contributed by atoms with Gasteiger partial charge in [0.1, 0.15) is 0 Å². The first kappa shape index (κ1) is 34.1. The summed E-state index contributed by atoms with van der Waals surface area (Å²) in [6.07, 6.45) is 8.98. The Labute approximate surface area is 333 Å². The lowest BCUT2D eigenvalue weighted by molar-refractivity contribution is 0.751. The van der Waals surface area contributed by atoms with Crippen LogP contribution in [0.4, 0.5) is 0 Å². The monoisotopic (exact) mass is 727 g/mol. The molecule has 268 valence electrons. The summed E-state index contributed by atoms with van der Waals surface area (Å²) in [5.41, 5.74) is 16.1. The molecule has 2 aliphatic rings. The molecule has 57 heavy (non-hydrogen) atoms. The molecule has 10 rings (SSSR count). The van der Waals surface area contributed by atoms with Crippen molar-refractivity contribution in [2.24, 2.45) is 0 Å². The first-order valence-electron chi connectivity index (χ1n) is 19.5. The van der Waals surface area contributed by atoms with Crippen molar-refractivity contribution in [3.8, 4) is 73.4 Å². The summed E-state index contributed by atoms with van der Waals surface area (Å²) in [5, 5.41) is 10.6. The fraction of sp³-hybridized carbons (Fsp3) is 0.0556. The van der Waals surface area contributed by atoms with Crippen molar-refractivity contribution in [2.75, 3.05) is 0 Å². The van der Waals surface area contributed by atoms with Gasteiger partial charge >= 0.3 is 0 Å². The predicted molar refractivity (Wildman–Crippen MR) is 232 cm³/mol. The minimum Gasteiger partial charge on any atom is -0.228 e. The van der Waals surface area contributed by atoms with E-state index in [0.717, 1.165) is 79.9 Å². The molecular weight excluding hydrogens is 691 g/mol. The molecule has 0 N–H and O–H groups in total. The summed E-state index contributed by atoms with van der Waals surface area (Å²) in [5.74, 6) is 0.672. The average Bonchev–Trinajstić information content (AvgIpc) is 3.61. The van der Waals surface area contributed by atoms with Gasteiger partial charge in [-0.1, -0.05) is 176 Å². The van der Waals surface area contributed by atoms with Gasteiger partial charge in [-0.2, -0.15) is 5.26 Å². The molecule has 0 spiro atoms. The second-order valence-corrected chi connectivity index (χ2v) is 14.7. The zero-order valence-corrected chi connectivity index (χ0v) is 31.3. The van der Waals surface area contributed by atoms with E-state index < -0.39 is 5.41 Å². The third-order valence-corrected chi connectivity index (χ3v) is 11.5. The van der Waals surface area contributed by atoms with Gasteiger partial charge in [0.05, 0.1) is 28.4 Å². The molecule has 1 aromatic heterocycles. The number of aromatic nitrogens is 2. The summed E-state index contributed by atoms with van der Waals surface area (Å²) in [6.45, 7) is 0. The maximum absolute atomic E-state index is 10.6. The number of hydrogen-bond acceptors (Lipinski definition) is 3. The summed E-state index contributed by atoms with van der Waals surface area (Å²) in [7, 11) is 0. The van der Waals surface area contributed by atoms with Gasteiger partial charge in [0.25, 0.3) is 0 Å². The zero-order valence-electron chi connectivity index (χ0n) is 31.3. The molecule has 1 heterocycles. The lowest BCUT2D eigenvalue weighted by Crippen LogP contribution is -2.29. The highest BCUT2D eigenvalue weighted by molar-refractivity contribution is 5.94. The van der Waals surface area contributed by atoms with Crippen LogP contribution in [0.25, 0.3) is 67.3 Å². The second kappa shape index (κ2) is 14.3. The Bertz CT molecular complexity index is 2900. The van der Waals surface area contributed by atoms with Crippen molar-refractivity contribution in [1.29, 1.82) is 5.26 Å². The Morgan fingerprint density at radius 1 is 0.474 bits per heavy atom. The van der Waals surface area contributed by atoms with E-state index in [9.17, 15) is 5.26 Å². The van der Waals surface area contributed by atoms with E-state index in [1.807, 2.05) is 36.4 Å². The fourth-order valence-electron chi connectivity index (χ4n) is 8.90. The lowest BCUT2D eigenvalue weighted by Gasteiger charge is -2.35. The summed E-state index contributed by atoms with van der Waals surface area (Å²) < 4.78 is 0. The van der Waals surface area contributed by atoms with Crippen LogP contribution in [-0.2, 0) is 5.41 Å². The Kier molecular flexibility index (Phi) is 8.58. The van der Waals surface area contributed by atoms with Crippen LogP contribution in [0.2, 0.25) is 0 Å². The SMILES string of the molecule is N#Cc1cccc2c1-c1cc(-c3ccccc3-c3cc(-c4cccc(-c5ccccc5)c4)nc(-c4ccccc4)n3)ccc1C2(C1=CCCC=C1)c1ccccc1. The molecule has 0 fully saturated rings. The van der Waals surface area contributed by atoms with Crippen molar-refractivity contribution in [2.45, 2.75) is 18.3 Å². The molecule has 0 bridgehead atoms. The molecule has 1 unspecified atom stereocenters. The van der Waals surface area contributed by atoms with E-state index in [1.54, 1.807) is 0 Å². The van der Waals surface area contributed by atoms with Gasteiger partial charge in [-0.25, -0.2) is 9.97 Å². The van der Waals surface area contributed by atoms with Gasteiger partial charge in [-0.15, -0.1) is 0 Å². The highest BCUT2D eigenvalue weighted by Crippen LogP contribution is 2.58.